The highest BCUT2D eigenvalue weighted by Crippen LogP contribution is 2.31. The van der Waals surface area contributed by atoms with Crippen molar-refractivity contribution in [3.8, 4) is 0 Å². The lowest BCUT2D eigenvalue weighted by Crippen LogP contribution is -2.46. The van der Waals surface area contributed by atoms with Crippen LogP contribution in [0.4, 0.5) is 0 Å². The molecular weight excluding hydrogens is 224 g/mol. The molecule has 0 aliphatic heterocycles. The molecule has 1 saturated carbocycles. The van der Waals surface area contributed by atoms with Crippen LogP contribution in [0.3, 0.4) is 0 Å². The van der Waals surface area contributed by atoms with Gasteiger partial charge < -0.3 is 5.32 Å². The molecule has 1 aliphatic rings. The minimum absolute atomic E-state index is 0.0531. The Bertz CT molecular complexity index is 383. The van der Waals surface area contributed by atoms with Gasteiger partial charge in [0.15, 0.2) is 0 Å². The van der Waals surface area contributed by atoms with Crippen molar-refractivity contribution < 1.29 is 4.79 Å². The van der Waals surface area contributed by atoms with Gasteiger partial charge in [0.2, 0.25) is 0 Å². The van der Waals surface area contributed by atoms with Crippen LogP contribution in [0.5, 0.6) is 0 Å². The lowest BCUT2D eigenvalue weighted by Gasteiger charge is -2.36. The summed E-state index contributed by atoms with van der Waals surface area (Å²) in [5.41, 5.74) is 1.07. The number of Topliss-reactive ketones (excluding diaryl/α,β-unsaturated/α-hetero) is 1. The van der Waals surface area contributed by atoms with Gasteiger partial charge in [-0.2, -0.15) is 0 Å². The van der Waals surface area contributed by atoms with Gasteiger partial charge in [-0.1, -0.05) is 25.3 Å². The molecule has 0 bridgehead atoms. The molecule has 0 unspecified atom stereocenters. The maximum Gasteiger partial charge on any atom is 0.139 e. The van der Waals surface area contributed by atoms with Crippen LogP contribution in [0.15, 0.2) is 24.5 Å². The Morgan fingerprint density at radius 2 is 2.17 bits per heavy atom. The first-order valence-corrected chi connectivity index (χ1v) is 6.84. The van der Waals surface area contributed by atoms with Gasteiger partial charge >= 0.3 is 0 Å². The zero-order chi connectivity index (χ0) is 12.8. The second-order valence-corrected chi connectivity index (χ2v) is 5.34. The minimum atomic E-state index is 0.0531. The van der Waals surface area contributed by atoms with E-state index in [-0.39, 0.29) is 5.54 Å². The topological polar surface area (TPSA) is 42.0 Å². The number of nitrogens with one attached hydrogen (secondary N) is 1. The average molecular weight is 246 g/mol. The molecule has 3 heteroatoms. The van der Waals surface area contributed by atoms with Crippen LogP contribution in [0.1, 0.15) is 44.1 Å². The molecule has 1 aliphatic carbocycles. The summed E-state index contributed by atoms with van der Waals surface area (Å²) in [5, 5.41) is 3.40. The van der Waals surface area contributed by atoms with E-state index in [9.17, 15) is 4.79 Å². The van der Waals surface area contributed by atoms with Gasteiger partial charge in [0.1, 0.15) is 5.78 Å². The molecule has 98 valence electrons. The fourth-order valence-corrected chi connectivity index (χ4v) is 2.91. The van der Waals surface area contributed by atoms with Gasteiger partial charge in [-0.25, -0.2) is 0 Å². The molecule has 0 saturated heterocycles. The van der Waals surface area contributed by atoms with Crippen molar-refractivity contribution in [2.45, 2.75) is 50.5 Å². The van der Waals surface area contributed by atoms with E-state index in [1.165, 1.54) is 19.3 Å². The van der Waals surface area contributed by atoms with Gasteiger partial charge in [0.05, 0.1) is 0 Å². The Labute approximate surface area is 109 Å². The number of rotatable bonds is 5. The van der Waals surface area contributed by atoms with E-state index in [1.807, 2.05) is 19.2 Å². The van der Waals surface area contributed by atoms with E-state index in [0.29, 0.717) is 18.6 Å². The molecule has 3 nitrogen and oxygen atoms in total. The van der Waals surface area contributed by atoms with Crippen molar-refractivity contribution in [3.63, 3.8) is 0 Å². The molecule has 1 N–H and O–H groups in total. The maximum absolute atomic E-state index is 12.2. The predicted octanol–water partition coefficient (Wildman–Crippen LogP) is 2.51. The third-order valence-corrected chi connectivity index (χ3v) is 4.00. The smallest absolute Gasteiger partial charge is 0.139 e. The number of pyridine rings is 1. The Kier molecular flexibility index (Phi) is 4.48. The largest absolute Gasteiger partial charge is 0.314 e. The van der Waals surface area contributed by atoms with Gasteiger partial charge in [0, 0.05) is 30.8 Å². The summed E-state index contributed by atoms with van der Waals surface area (Å²) in [6, 6.07) is 3.86. The molecule has 0 amide bonds. The summed E-state index contributed by atoms with van der Waals surface area (Å²) in [7, 11) is 1.99. The van der Waals surface area contributed by atoms with Crippen LogP contribution in [-0.4, -0.2) is 23.4 Å². The van der Waals surface area contributed by atoms with Crippen molar-refractivity contribution in [1.29, 1.82) is 0 Å². The fourth-order valence-electron chi connectivity index (χ4n) is 2.91. The number of carbonyl (C=O) groups excluding carboxylic acids is 1. The molecule has 0 aromatic carbocycles. The van der Waals surface area contributed by atoms with Gasteiger partial charge in [-0.3, -0.25) is 9.78 Å². The molecule has 1 aromatic heterocycles. The number of ketones is 1. The first kappa shape index (κ1) is 13.2. The zero-order valence-electron chi connectivity index (χ0n) is 11.1. The summed E-state index contributed by atoms with van der Waals surface area (Å²) >= 11 is 0. The molecule has 1 heterocycles. The van der Waals surface area contributed by atoms with Crippen LogP contribution in [0.25, 0.3) is 0 Å². The molecular formula is C15H22N2O. The molecule has 2 rings (SSSR count). The minimum Gasteiger partial charge on any atom is -0.314 e. The molecule has 0 spiro atoms. The lowest BCUT2D eigenvalue weighted by molar-refractivity contribution is -0.120. The fraction of sp³-hybridized carbons (Fsp3) is 0.600. The highest BCUT2D eigenvalue weighted by atomic mass is 16.1. The first-order chi connectivity index (χ1) is 8.74. The van der Waals surface area contributed by atoms with Gasteiger partial charge in [-0.05, 0) is 31.5 Å². The van der Waals surface area contributed by atoms with Crippen molar-refractivity contribution in [1.82, 2.24) is 10.3 Å². The highest BCUT2D eigenvalue weighted by Gasteiger charge is 2.32. The quantitative estimate of drug-likeness (QED) is 0.868. The molecule has 0 atom stereocenters. The van der Waals surface area contributed by atoms with Gasteiger partial charge in [-0.15, -0.1) is 0 Å². The van der Waals surface area contributed by atoms with E-state index in [4.69, 9.17) is 0 Å². The molecule has 0 radical (unpaired) electrons. The SMILES string of the molecule is CNC1(CC(=O)Cc2cccnc2)CCCCC1. The number of aromatic nitrogens is 1. The van der Waals surface area contributed by atoms with Crippen LogP contribution >= 0.6 is 0 Å². The highest BCUT2D eigenvalue weighted by molar-refractivity contribution is 5.81. The number of hydrogen-bond donors (Lipinski definition) is 1. The van der Waals surface area contributed by atoms with Gasteiger partial charge in [0.25, 0.3) is 0 Å². The Hall–Kier alpha value is -1.22. The average Bonchev–Trinajstić information content (AvgIpc) is 2.41. The van der Waals surface area contributed by atoms with Crippen LogP contribution in [0.2, 0.25) is 0 Å². The summed E-state index contributed by atoms with van der Waals surface area (Å²) in [6.45, 7) is 0. The summed E-state index contributed by atoms with van der Waals surface area (Å²) in [6.07, 6.45) is 10.7. The van der Waals surface area contributed by atoms with Crippen LogP contribution in [-0.2, 0) is 11.2 Å². The Morgan fingerprint density at radius 3 is 2.78 bits per heavy atom. The monoisotopic (exact) mass is 246 g/mol. The molecule has 1 aromatic rings. The van der Waals surface area contributed by atoms with Crippen molar-refractivity contribution in [3.05, 3.63) is 30.1 Å². The van der Waals surface area contributed by atoms with E-state index in [2.05, 4.69) is 10.3 Å². The lowest BCUT2D eigenvalue weighted by atomic mass is 9.78. The normalized spacial score (nSPS) is 18.5. The maximum atomic E-state index is 12.2. The van der Waals surface area contributed by atoms with Crippen molar-refractivity contribution >= 4 is 5.78 Å². The summed E-state index contributed by atoms with van der Waals surface area (Å²) in [5.74, 6) is 0.319. The third kappa shape index (κ3) is 3.39. The van der Waals surface area contributed by atoms with E-state index in [0.717, 1.165) is 18.4 Å². The summed E-state index contributed by atoms with van der Waals surface area (Å²) < 4.78 is 0. The second-order valence-electron chi connectivity index (χ2n) is 5.34. The summed E-state index contributed by atoms with van der Waals surface area (Å²) in [4.78, 5) is 16.2. The number of carbonyl (C=O) groups is 1. The van der Waals surface area contributed by atoms with Crippen molar-refractivity contribution in [2.75, 3.05) is 7.05 Å². The standard InChI is InChI=1S/C15H22N2O/c1-16-15(7-3-2-4-8-15)11-14(18)10-13-6-5-9-17-12-13/h5-6,9,12,16H,2-4,7-8,10-11H2,1H3. The molecule has 1 fully saturated rings. The predicted molar refractivity (Wildman–Crippen MR) is 72.4 cm³/mol. The Balaban J connectivity index is 1.93. The number of hydrogen-bond acceptors (Lipinski definition) is 3. The zero-order valence-corrected chi connectivity index (χ0v) is 11.1. The van der Waals surface area contributed by atoms with E-state index < -0.39 is 0 Å². The second kappa shape index (κ2) is 6.10. The molecule has 18 heavy (non-hydrogen) atoms. The van der Waals surface area contributed by atoms with Crippen LogP contribution < -0.4 is 5.32 Å². The number of nitrogens with zero attached hydrogens (tertiary/aromatic N) is 1. The Morgan fingerprint density at radius 1 is 1.39 bits per heavy atom. The van der Waals surface area contributed by atoms with Crippen LogP contribution in [0, 0.1) is 0 Å². The van der Waals surface area contributed by atoms with E-state index in [1.54, 1.807) is 12.4 Å². The van der Waals surface area contributed by atoms with E-state index >= 15 is 0 Å². The van der Waals surface area contributed by atoms with Crippen molar-refractivity contribution in [2.24, 2.45) is 0 Å². The third-order valence-electron chi connectivity index (χ3n) is 4.00. The first-order valence-electron chi connectivity index (χ1n) is 6.84.